The van der Waals surface area contributed by atoms with Gasteiger partial charge in [0, 0.05) is 37.7 Å². The van der Waals surface area contributed by atoms with Gasteiger partial charge in [-0.05, 0) is 37.2 Å². The fraction of sp³-hybridized carbons (Fsp3) is 0.500. The number of nitrogens with one attached hydrogen (secondary N) is 1. The van der Waals surface area contributed by atoms with E-state index in [1.165, 1.54) is 22.7 Å². The van der Waals surface area contributed by atoms with E-state index in [0.717, 1.165) is 23.5 Å². The van der Waals surface area contributed by atoms with Crippen molar-refractivity contribution in [3.63, 3.8) is 0 Å². The molecule has 0 aliphatic carbocycles. The number of rotatable bonds is 5. The van der Waals surface area contributed by atoms with E-state index in [0.29, 0.717) is 27.1 Å². The summed E-state index contributed by atoms with van der Waals surface area (Å²) in [5.41, 5.74) is 1.07. The zero-order chi connectivity index (χ0) is 21.4. The van der Waals surface area contributed by atoms with Crippen LogP contribution in [0.3, 0.4) is 0 Å². The van der Waals surface area contributed by atoms with E-state index < -0.39 is 0 Å². The van der Waals surface area contributed by atoms with Crippen LogP contribution in [0.2, 0.25) is 4.34 Å². The number of aliphatic hydroxyl groups excluding tert-OH is 1. The minimum atomic E-state index is -0.324. The van der Waals surface area contributed by atoms with E-state index in [9.17, 15) is 14.7 Å². The summed E-state index contributed by atoms with van der Waals surface area (Å²) in [4.78, 5) is 31.9. The number of hydrogen-bond donors (Lipinski definition) is 2. The lowest BCUT2D eigenvalue weighted by atomic mass is 10.1. The van der Waals surface area contributed by atoms with Crippen molar-refractivity contribution in [2.45, 2.75) is 31.2 Å². The van der Waals surface area contributed by atoms with Crippen LogP contribution >= 0.6 is 34.3 Å². The third kappa shape index (κ3) is 4.28. The van der Waals surface area contributed by atoms with Gasteiger partial charge in [0.05, 0.1) is 32.8 Å². The fourth-order valence-electron chi connectivity index (χ4n) is 4.11. The Morgan fingerprint density at radius 2 is 2.10 bits per heavy atom. The predicted octanol–water partition coefficient (Wildman–Crippen LogP) is 2.60. The minimum Gasteiger partial charge on any atom is -0.394 e. The number of carbonyl (C=O) groups excluding carboxylic acids is 2. The maximum absolute atomic E-state index is 13.3. The highest BCUT2D eigenvalue weighted by Crippen LogP contribution is 2.36. The molecular formula is C20H24ClN3O4S2. The molecule has 0 saturated carbocycles. The second kappa shape index (κ2) is 8.94. The van der Waals surface area contributed by atoms with Gasteiger partial charge >= 0.3 is 0 Å². The standard InChI is InChI=1S/C20H24ClN3O4S2/c1-23-8-14(28-2)13-6-16(29-17(13)9-23)20(27)24-7-11(5-12(24)10-25)22-19(26)15-3-4-18(21)30-15/h3-4,6,11-12,14,25H,5,7-10H2,1-2H3,(H,22,26). The van der Waals surface area contributed by atoms with Crippen molar-refractivity contribution in [1.82, 2.24) is 15.1 Å². The first-order chi connectivity index (χ1) is 14.4. The van der Waals surface area contributed by atoms with E-state index in [1.807, 2.05) is 13.1 Å². The van der Waals surface area contributed by atoms with Crippen molar-refractivity contribution in [1.29, 1.82) is 0 Å². The molecule has 3 atom stereocenters. The molecule has 2 amide bonds. The number of likely N-dealkylation sites (tertiary alicyclic amines) is 1. The Bertz CT molecular complexity index is 946. The van der Waals surface area contributed by atoms with E-state index in [2.05, 4.69) is 10.2 Å². The van der Waals surface area contributed by atoms with Gasteiger partial charge in [-0.15, -0.1) is 22.7 Å². The molecule has 162 valence electrons. The number of methoxy groups -OCH3 is 1. The quantitative estimate of drug-likeness (QED) is 0.703. The van der Waals surface area contributed by atoms with Crippen LogP contribution in [0.15, 0.2) is 18.2 Å². The molecule has 2 aromatic heterocycles. The second-order valence-corrected chi connectivity index (χ2v) is 10.6. The summed E-state index contributed by atoms with van der Waals surface area (Å²) in [5, 5.41) is 12.8. The van der Waals surface area contributed by atoms with Crippen molar-refractivity contribution in [2.75, 3.05) is 33.9 Å². The molecule has 4 rings (SSSR count). The first-order valence-electron chi connectivity index (χ1n) is 9.71. The van der Waals surface area contributed by atoms with Crippen LogP contribution in [0.5, 0.6) is 0 Å². The first kappa shape index (κ1) is 21.7. The number of hydrogen-bond acceptors (Lipinski definition) is 7. The molecule has 4 heterocycles. The fourth-order valence-corrected chi connectivity index (χ4v) is 6.31. The van der Waals surface area contributed by atoms with Crippen molar-refractivity contribution in [3.05, 3.63) is 42.7 Å². The van der Waals surface area contributed by atoms with Crippen LogP contribution in [0.25, 0.3) is 0 Å². The van der Waals surface area contributed by atoms with Gasteiger partial charge in [-0.2, -0.15) is 0 Å². The van der Waals surface area contributed by atoms with Crippen molar-refractivity contribution in [2.24, 2.45) is 0 Å². The Morgan fingerprint density at radius 3 is 2.77 bits per heavy atom. The van der Waals surface area contributed by atoms with Gasteiger partial charge < -0.3 is 20.1 Å². The topological polar surface area (TPSA) is 82.1 Å². The molecule has 10 heteroatoms. The summed E-state index contributed by atoms with van der Waals surface area (Å²) >= 11 is 8.62. The van der Waals surface area contributed by atoms with E-state index in [1.54, 1.807) is 24.1 Å². The number of amides is 2. The molecule has 2 N–H and O–H groups in total. The Kier molecular flexibility index (Phi) is 6.47. The van der Waals surface area contributed by atoms with Crippen LogP contribution in [-0.2, 0) is 11.3 Å². The molecule has 3 unspecified atom stereocenters. The van der Waals surface area contributed by atoms with Crippen molar-refractivity contribution < 1.29 is 19.4 Å². The summed E-state index contributed by atoms with van der Waals surface area (Å²) in [5.74, 6) is -0.317. The zero-order valence-electron chi connectivity index (χ0n) is 16.8. The Morgan fingerprint density at radius 1 is 1.30 bits per heavy atom. The maximum atomic E-state index is 13.3. The molecule has 0 radical (unpaired) electrons. The first-order valence-corrected chi connectivity index (χ1v) is 11.7. The molecule has 0 bridgehead atoms. The number of nitrogens with zero attached hydrogens (tertiary/aromatic N) is 2. The van der Waals surface area contributed by atoms with Gasteiger partial charge in [0.1, 0.15) is 0 Å². The van der Waals surface area contributed by atoms with E-state index >= 15 is 0 Å². The number of aliphatic hydroxyl groups is 1. The van der Waals surface area contributed by atoms with Gasteiger partial charge in [0.15, 0.2) is 0 Å². The number of fused-ring (bicyclic) bond motifs is 1. The van der Waals surface area contributed by atoms with Gasteiger partial charge in [-0.1, -0.05) is 11.6 Å². The number of halogens is 1. The predicted molar refractivity (Wildman–Crippen MR) is 118 cm³/mol. The van der Waals surface area contributed by atoms with Crippen LogP contribution in [0, 0.1) is 0 Å². The molecule has 1 fully saturated rings. The highest BCUT2D eigenvalue weighted by molar-refractivity contribution is 7.18. The summed E-state index contributed by atoms with van der Waals surface area (Å²) < 4.78 is 6.15. The average molecular weight is 470 g/mol. The third-order valence-corrected chi connectivity index (χ3v) is 7.95. The number of likely N-dealkylation sites (N-methyl/N-ethyl adjacent to an activating group) is 1. The zero-order valence-corrected chi connectivity index (χ0v) is 19.1. The molecule has 2 aromatic rings. The van der Waals surface area contributed by atoms with Gasteiger partial charge in [0.2, 0.25) is 0 Å². The monoisotopic (exact) mass is 469 g/mol. The molecule has 1 saturated heterocycles. The van der Waals surface area contributed by atoms with Gasteiger partial charge in [-0.25, -0.2) is 0 Å². The summed E-state index contributed by atoms with van der Waals surface area (Å²) in [6.07, 6.45) is 0.468. The van der Waals surface area contributed by atoms with Gasteiger partial charge in [0.25, 0.3) is 11.8 Å². The van der Waals surface area contributed by atoms with Crippen LogP contribution in [-0.4, -0.2) is 72.7 Å². The van der Waals surface area contributed by atoms with Crippen LogP contribution in [0.4, 0.5) is 0 Å². The summed E-state index contributed by atoms with van der Waals surface area (Å²) in [6.45, 7) is 1.80. The molecule has 30 heavy (non-hydrogen) atoms. The summed E-state index contributed by atoms with van der Waals surface area (Å²) in [7, 11) is 3.72. The highest BCUT2D eigenvalue weighted by Gasteiger charge is 2.37. The van der Waals surface area contributed by atoms with Crippen molar-refractivity contribution in [3.8, 4) is 0 Å². The van der Waals surface area contributed by atoms with Crippen molar-refractivity contribution >= 4 is 46.1 Å². The largest absolute Gasteiger partial charge is 0.394 e. The molecule has 7 nitrogen and oxygen atoms in total. The Labute approximate surface area is 188 Å². The molecule has 2 aliphatic heterocycles. The lowest BCUT2D eigenvalue weighted by Gasteiger charge is -2.28. The normalized spacial score (nSPS) is 24.1. The minimum absolute atomic E-state index is 0.0478. The van der Waals surface area contributed by atoms with Gasteiger partial charge in [-0.3, -0.25) is 14.5 Å². The third-order valence-electron chi connectivity index (χ3n) is 5.59. The van der Waals surface area contributed by atoms with Crippen LogP contribution < -0.4 is 5.32 Å². The van der Waals surface area contributed by atoms with E-state index in [-0.39, 0.29) is 36.6 Å². The van der Waals surface area contributed by atoms with E-state index in [4.69, 9.17) is 16.3 Å². The average Bonchev–Trinajstić information content (AvgIpc) is 3.44. The number of thiophene rings is 2. The highest BCUT2D eigenvalue weighted by atomic mass is 35.5. The smallest absolute Gasteiger partial charge is 0.264 e. The number of ether oxygens (including phenoxy) is 1. The van der Waals surface area contributed by atoms with Crippen LogP contribution in [0.1, 0.15) is 42.3 Å². The maximum Gasteiger partial charge on any atom is 0.264 e. The number of carbonyl (C=O) groups is 2. The lowest BCUT2D eigenvalue weighted by molar-refractivity contribution is 0.0589. The lowest BCUT2D eigenvalue weighted by Crippen LogP contribution is -2.39. The molecule has 0 aromatic carbocycles. The molecule has 2 aliphatic rings. The Hall–Kier alpha value is -1.49. The molecular weight excluding hydrogens is 446 g/mol. The Balaban J connectivity index is 1.48. The summed E-state index contributed by atoms with van der Waals surface area (Å²) in [6, 6.07) is 4.76. The second-order valence-electron chi connectivity index (χ2n) is 7.71. The SMILES string of the molecule is COC1CN(C)Cc2sc(C(=O)N3CC(NC(=O)c4ccc(Cl)s4)CC3CO)cc21. The molecule has 0 spiro atoms.